The summed E-state index contributed by atoms with van der Waals surface area (Å²) in [5.74, 6) is -0.607. The highest BCUT2D eigenvalue weighted by Crippen LogP contribution is 2.28. The molecule has 7 heteroatoms. The van der Waals surface area contributed by atoms with Crippen LogP contribution in [0.25, 0.3) is 0 Å². The number of rotatable bonds is 3. The van der Waals surface area contributed by atoms with E-state index < -0.39 is 15.8 Å². The van der Waals surface area contributed by atoms with Gasteiger partial charge in [-0.2, -0.15) is 4.31 Å². The maximum atomic E-state index is 13.8. The SMILES string of the molecule is CC(N)C1CCCN(S(=O)(=O)c2cc(Br)ccc2F)C1. The molecule has 2 rings (SSSR count). The van der Waals surface area contributed by atoms with E-state index in [-0.39, 0.29) is 16.9 Å². The van der Waals surface area contributed by atoms with Gasteiger partial charge < -0.3 is 5.73 Å². The molecule has 1 aromatic carbocycles. The molecule has 1 saturated heterocycles. The zero-order valence-corrected chi connectivity index (χ0v) is 13.6. The first kappa shape index (κ1) is 15.9. The molecule has 2 unspecified atom stereocenters. The molecule has 1 fully saturated rings. The molecule has 1 aliphatic rings. The smallest absolute Gasteiger partial charge is 0.246 e. The summed E-state index contributed by atoms with van der Waals surface area (Å²) in [5.41, 5.74) is 5.86. The number of piperidine rings is 1. The van der Waals surface area contributed by atoms with Crippen LogP contribution in [0.2, 0.25) is 0 Å². The molecule has 0 amide bonds. The minimum atomic E-state index is -3.81. The van der Waals surface area contributed by atoms with Gasteiger partial charge in [0.15, 0.2) is 0 Å². The number of hydrogen-bond donors (Lipinski definition) is 1. The molecule has 1 aliphatic heterocycles. The number of sulfonamides is 1. The highest BCUT2D eigenvalue weighted by Gasteiger charge is 2.33. The third-order valence-corrected chi connectivity index (χ3v) is 6.05. The van der Waals surface area contributed by atoms with Crippen LogP contribution in [0.1, 0.15) is 19.8 Å². The summed E-state index contributed by atoms with van der Waals surface area (Å²) in [5, 5.41) is 0. The molecule has 112 valence electrons. The Morgan fingerprint density at radius 2 is 2.20 bits per heavy atom. The minimum Gasteiger partial charge on any atom is -0.328 e. The van der Waals surface area contributed by atoms with Crippen molar-refractivity contribution in [1.82, 2.24) is 4.31 Å². The van der Waals surface area contributed by atoms with E-state index in [1.54, 1.807) is 0 Å². The maximum absolute atomic E-state index is 13.8. The lowest BCUT2D eigenvalue weighted by atomic mass is 9.93. The van der Waals surface area contributed by atoms with Crippen molar-refractivity contribution in [1.29, 1.82) is 0 Å². The van der Waals surface area contributed by atoms with Crippen LogP contribution in [0.5, 0.6) is 0 Å². The Morgan fingerprint density at radius 3 is 2.85 bits per heavy atom. The fourth-order valence-corrected chi connectivity index (χ4v) is 4.57. The van der Waals surface area contributed by atoms with Gasteiger partial charge in [-0.05, 0) is 43.9 Å². The largest absolute Gasteiger partial charge is 0.328 e. The summed E-state index contributed by atoms with van der Waals surface area (Å²) in [4.78, 5) is -0.280. The summed E-state index contributed by atoms with van der Waals surface area (Å²) in [6.45, 7) is 2.64. The Hall–Kier alpha value is -0.500. The molecule has 20 heavy (non-hydrogen) atoms. The van der Waals surface area contributed by atoms with Gasteiger partial charge >= 0.3 is 0 Å². The zero-order chi connectivity index (χ0) is 14.9. The minimum absolute atomic E-state index is 0.0691. The topological polar surface area (TPSA) is 63.4 Å². The Bertz CT molecular complexity index is 592. The summed E-state index contributed by atoms with van der Waals surface area (Å²) in [6.07, 6.45) is 1.66. The fraction of sp³-hybridized carbons (Fsp3) is 0.538. The van der Waals surface area contributed by atoms with E-state index >= 15 is 0 Å². The molecular weight excluding hydrogens is 347 g/mol. The van der Waals surface area contributed by atoms with Crippen LogP contribution in [0.4, 0.5) is 4.39 Å². The Labute approximate surface area is 127 Å². The second-order valence-electron chi connectivity index (χ2n) is 5.20. The number of nitrogens with two attached hydrogens (primary N) is 1. The van der Waals surface area contributed by atoms with E-state index in [4.69, 9.17) is 5.73 Å². The molecule has 0 radical (unpaired) electrons. The number of hydrogen-bond acceptors (Lipinski definition) is 3. The summed E-state index contributed by atoms with van der Waals surface area (Å²) >= 11 is 3.18. The molecule has 2 N–H and O–H groups in total. The van der Waals surface area contributed by atoms with E-state index in [1.165, 1.54) is 16.4 Å². The fourth-order valence-electron chi connectivity index (χ4n) is 2.44. The second kappa shape index (κ2) is 6.09. The Kier molecular flexibility index (Phi) is 4.84. The Balaban J connectivity index is 2.32. The molecule has 0 bridgehead atoms. The van der Waals surface area contributed by atoms with E-state index in [9.17, 15) is 12.8 Å². The van der Waals surface area contributed by atoms with Crippen molar-refractivity contribution < 1.29 is 12.8 Å². The predicted molar refractivity (Wildman–Crippen MR) is 79.2 cm³/mol. The number of benzene rings is 1. The standard InChI is InChI=1S/C13H18BrFN2O2S/c1-9(16)10-3-2-6-17(8-10)20(18,19)13-7-11(14)4-5-12(13)15/h4-5,7,9-10H,2-3,6,8,16H2,1H3. The average molecular weight is 365 g/mol. The number of halogens is 2. The first-order valence-electron chi connectivity index (χ1n) is 6.53. The van der Waals surface area contributed by atoms with Gasteiger partial charge in [0.05, 0.1) is 0 Å². The first-order chi connectivity index (χ1) is 9.32. The van der Waals surface area contributed by atoms with Gasteiger partial charge in [0, 0.05) is 23.6 Å². The van der Waals surface area contributed by atoms with Crippen molar-refractivity contribution in [2.75, 3.05) is 13.1 Å². The molecule has 4 nitrogen and oxygen atoms in total. The molecule has 2 atom stereocenters. The van der Waals surface area contributed by atoms with Crippen LogP contribution in [-0.2, 0) is 10.0 Å². The van der Waals surface area contributed by atoms with Crippen LogP contribution >= 0.6 is 15.9 Å². The number of nitrogens with zero attached hydrogens (tertiary/aromatic N) is 1. The van der Waals surface area contributed by atoms with E-state index in [1.807, 2.05) is 6.92 Å². The van der Waals surface area contributed by atoms with Gasteiger partial charge in [0.2, 0.25) is 10.0 Å². The first-order valence-corrected chi connectivity index (χ1v) is 8.76. The molecule has 1 heterocycles. The molecule has 0 aromatic heterocycles. The van der Waals surface area contributed by atoms with Gasteiger partial charge in [-0.1, -0.05) is 15.9 Å². The highest BCUT2D eigenvalue weighted by molar-refractivity contribution is 9.10. The van der Waals surface area contributed by atoms with Crippen LogP contribution in [0.3, 0.4) is 0 Å². The van der Waals surface area contributed by atoms with Crippen LogP contribution in [-0.4, -0.2) is 31.9 Å². The van der Waals surface area contributed by atoms with Crippen molar-refractivity contribution in [2.24, 2.45) is 11.7 Å². The monoisotopic (exact) mass is 364 g/mol. The average Bonchev–Trinajstić information content (AvgIpc) is 2.41. The van der Waals surface area contributed by atoms with Crippen molar-refractivity contribution in [2.45, 2.75) is 30.7 Å². The normalized spacial score (nSPS) is 22.7. The van der Waals surface area contributed by atoms with Gasteiger partial charge in [-0.25, -0.2) is 12.8 Å². The van der Waals surface area contributed by atoms with Crippen molar-refractivity contribution in [3.05, 3.63) is 28.5 Å². The summed E-state index contributed by atoms with van der Waals surface area (Å²) < 4.78 is 40.8. The maximum Gasteiger partial charge on any atom is 0.246 e. The van der Waals surface area contributed by atoms with Gasteiger partial charge in [-0.15, -0.1) is 0 Å². The molecule has 0 saturated carbocycles. The molecular formula is C13H18BrFN2O2S. The van der Waals surface area contributed by atoms with Gasteiger partial charge in [0.25, 0.3) is 0 Å². The summed E-state index contributed by atoms with van der Waals surface area (Å²) in [7, 11) is -3.81. The third kappa shape index (κ3) is 3.21. The predicted octanol–water partition coefficient (Wildman–Crippen LogP) is 2.34. The van der Waals surface area contributed by atoms with Crippen molar-refractivity contribution in [3.8, 4) is 0 Å². The van der Waals surface area contributed by atoms with E-state index in [0.717, 1.165) is 18.9 Å². The van der Waals surface area contributed by atoms with Crippen molar-refractivity contribution >= 4 is 26.0 Å². The van der Waals surface area contributed by atoms with Gasteiger partial charge in [0.1, 0.15) is 10.7 Å². The third-order valence-electron chi connectivity index (χ3n) is 3.68. The Morgan fingerprint density at radius 1 is 1.50 bits per heavy atom. The zero-order valence-electron chi connectivity index (χ0n) is 11.2. The van der Waals surface area contributed by atoms with Gasteiger partial charge in [-0.3, -0.25) is 0 Å². The second-order valence-corrected chi connectivity index (χ2v) is 8.02. The van der Waals surface area contributed by atoms with Crippen molar-refractivity contribution in [3.63, 3.8) is 0 Å². The van der Waals surface area contributed by atoms with E-state index in [2.05, 4.69) is 15.9 Å². The lowest BCUT2D eigenvalue weighted by molar-refractivity contribution is 0.242. The van der Waals surface area contributed by atoms with Crippen LogP contribution in [0.15, 0.2) is 27.6 Å². The molecule has 1 aromatic rings. The van der Waals surface area contributed by atoms with Crippen LogP contribution < -0.4 is 5.73 Å². The van der Waals surface area contributed by atoms with E-state index in [0.29, 0.717) is 17.6 Å². The quantitative estimate of drug-likeness (QED) is 0.894. The van der Waals surface area contributed by atoms with Crippen LogP contribution in [0, 0.1) is 11.7 Å². The lowest BCUT2D eigenvalue weighted by Crippen LogP contribution is -2.45. The lowest BCUT2D eigenvalue weighted by Gasteiger charge is -2.33. The molecule has 0 aliphatic carbocycles. The summed E-state index contributed by atoms with van der Waals surface area (Å²) in [6, 6.07) is 3.87. The molecule has 0 spiro atoms. The highest BCUT2D eigenvalue weighted by atomic mass is 79.9.